The monoisotopic (exact) mass is 380 g/mol. The summed E-state index contributed by atoms with van der Waals surface area (Å²) >= 11 is 0. The number of amides is 2. The highest BCUT2D eigenvalue weighted by molar-refractivity contribution is 5.96. The van der Waals surface area contributed by atoms with Gasteiger partial charge in [-0.2, -0.15) is 5.10 Å². The molecule has 2 aromatic carbocycles. The van der Waals surface area contributed by atoms with Gasteiger partial charge in [-0.05, 0) is 37.3 Å². The summed E-state index contributed by atoms with van der Waals surface area (Å²) in [6, 6.07) is 13.5. The van der Waals surface area contributed by atoms with Crippen molar-refractivity contribution < 1.29 is 14.3 Å². The van der Waals surface area contributed by atoms with Crippen LogP contribution in [-0.4, -0.2) is 28.2 Å². The molecule has 0 saturated carbocycles. The Bertz CT molecular complexity index is 1070. The number of aryl methyl sites for hydroxylation is 1. The predicted octanol–water partition coefficient (Wildman–Crippen LogP) is 1.34. The number of benzene rings is 2. The summed E-state index contributed by atoms with van der Waals surface area (Å²) in [6.07, 6.45) is -0.0851. The Morgan fingerprint density at radius 1 is 1.04 bits per heavy atom. The fraction of sp³-hybridized carbons (Fsp3) is 0.200. The van der Waals surface area contributed by atoms with E-state index in [0.29, 0.717) is 34.4 Å². The first kappa shape index (κ1) is 19.1. The lowest BCUT2D eigenvalue weighted by atomic mass is 10.1. The van der Waals surface area contributed by atoms with Gasteiger partial charge in [0.2, 0.25) is 5.91 Å². The van der Waals surface area contributed by atoms with Crippen LogP contribution in [0.5, 0.6) is 5.75 Å². The van der Waals surface area contributed by atoms with Crippen LogP contribution in [0.1, 0.15) is 23.0 Å². The SMILES string of the molecule is CCOc1ccc(C(=O)NNC(=O)Cc2nn(C)c(=O)c3ccccc23)cc1. The Kier molecular flexibility index (Phi) is 5.69. The molecule has 144 valence electrons. The smallest absolute Gasteiger partial charge is 0.274 e. The molecule has 0 fully saturated rings. The number of carbonyl (C=O) groups excluding carboxylic acids is 2. The molecule has 2 N–H and O–H groups in total. The van der Waals surface area contributed by atoms with E-state index in [9.17, 15) is 14.4 Å². The van der Waals surface area contributed by atoms with E-state index in [1.165, 1.54) is 11.7 Å². The zero-order chi connectivity index (χ0) is 20.1. The molecule has 0 radical (unpaired) electrons. The zero-order valence-corrected chi connectivity index (χ0v) is 15.6. The number of hydrogen-bond donors (Lipinski definition) is 2. The third-order valence-corrected chi connectivity index (χ3v) is 4.10. The van der Waals surface area contributed by atoms with Gasteiger partial charge in [0.25, 0.3) is 11.5 Å². The van der Waals surface area contributed by atoms with E-state index in [0.717, 1.165) is 0 Å². The first-order valence-electron chi connectivity index (χ1n) is 8.76. The van der Waals surface area contributed by atoms with E-state index < -0.39 is 11.8 Å². The summed E-state index contributed by atoms with van der Waals surface area (Å²) in [5.41, 5.74) is 5.34. The van der Waals surface area contributed by atoms with Crippen LogP contribution in [0.25, 0.3) is 10.8 Å². The van der Waals surface area contributed by atoms with Crippen molar-refractivity contribution in [3.63, 3.8) is 0 Å². The van der Waals surface area contributed by atoms with Gasteiger partial charge in [0, 0.05) is 18.0 Å². The number of carbonyl (C=O) groups is 2. The number of aromatic nitrogens is 2. The van der Waals surface area contributed by atoms with Crippen molar-refractivity contribution in [2.24, 2.45) is 7.05 Å². The summed E-state index contributed by atoms with van der Waals surface area (Å²) < 4.78 is 6.52. The highest BCUT2D eigenvalue weighted by Crippen LogP contribution is 2.14. The average Bonchev–Trinajstić information content (AvgIpc) is 2.71. The number of nitrogens with zero attached hydrogens (tertiary/aromatic N) is 2. The van der Waals surface area contributed by atoms with Gasteiger partial charge in [-0.3, -0.25) is 25.2 Å². The molecule has 8 heteroatoms. The average molecular weight is 380 g/mol. The maximum atomic E-state index is 12.3. The van der Waals surface area contributed by atoms with Crippen LogP contribution in [0.15, 0.2) is 53.3 Å². The van der Waals surface area contributed by atoms with Crippen LogP contribution < -0.4 is 21.1 Å². The lowest BCUT2D eigenvalue weighted by molar-refractivity contribution is -0.121. The molecular weight excluding hydrogens is 360 g/mol. The Labute approximate surface area is 161 Å². The van der Waals surface area contributed by atoms with Gasteiger partial charge in [-0.25, -0.2) is 4.68 Å². The number of hydrogen-bond acceptors (Lipinski definition) is 5. The molecule has 1 aromatic heterocycles. The second-order valence-corrected chi connectivity index (χ2v) is 6.06. The number of nitrogens with one attached hydrogen (secondary N) is 2. The van der Waals surface area contributed by atoms with E-state index in [1.807, 2.05) is 6.92 Å². The number of ether oxygens (including phenoxy) is 1. The quantitative estimate of drug-likeness (QED) is 0.650. The zero-order valence-electron chi connectivity index (χ0n) is 15.6. The molecule has 8 nitrogen and oxygen atoms in total. The van der Waals surface area contributed by atoms with E-state index in [-0.39, 0.29) is 12.0 Å². The van der Waals surface area contributed by atoms with Crippen LogP contribution in [-0.2, 0) is 18.3 Å². The maximum Gasteiger partial charge on any atom is 0.274 e. The van der Waals surface area contributed by atoms with Crippen LogP contribution >= 0.6 is 0 Å². The molecule has 0 aliphatic heterocycles. The van der Waals surface area contributed by atoms with Gasteiger partial charge < -0.3 is 4.74 Å². The Hall–Kier alpha value is -3.68. The molecule has 3 rings (SSSR count). The molecule has 2 amide bonds. The lowest BCUT2D eigenvalue weighted by Crippen LogP contribution is -2.42. The normalized spacial score (nSPS) is 10.5. The second kappa shape index (κ2) is 8.34. The highest BCUT2D eigenvalue weighted by Gasteiger charge is 2.13. The van der Waals surface area contributed by atoms with Crippen LogP contribution in [0.2, 0.25) is 0 Å². The number of fused-ring (bicyclic) bond motifs is 1. The molecular formula is C20H20N4O4. The fourth-order valence-electron chi connectivity index (χ4n) is 2.77. The summed E-state index contributed by atoms with van der Waals surface area (Å²) in [4.78, 5) is 36.5. The molecule has 0 bridgehead atoms. The van der Waals surface area contributed by atoms with Crippen molar-refractivity contribution in [2.45, 2.75) is 13.3 Å². The first-order chi connectivity index (χ1) is 13.5. The van der Waals surface area contributed by atoms with Crippen LogP contribution in [0.4, 0.5) is 0 Å². The minimum Gasteiger partial charge on any atom is -0.494 e. The Morgan fingerprint density at radius 2 is 1.71 bits per heavy atom. The van der Waals surface area contributed by atoms with E-state index in [4.69, 9.17) is 4.74 Å². The number of rotatable bonds is 5. The van der Waals surface area contributed by atoms with Crippen molar-refractivity contribution in [2.75, 3.05) is 6.61 Å². The molecule has 0 aliphatic carbocycles. The summed E-state index contributed by atoms with van der Waals surface area (Å²) in [6.45, 7) is 2.41. The topological polar surface area (TPSA) is 102 Å². The summed E-state index contributed by atoms with van der Waals surface area (Å²) in [5.74, 6) is -0.235. The van der Waals surface area contributed by atoms with Gasteiger partial charge in [-0.1, -0.05) is 18.2 Å². The molecule has 0 aliphatic rings. The molecule has 0 spiro atoms. The maximum absolute atomic E-state index is 12.3. The van der Waals surface area contributed by atoms with Gasteiger partial charge in [0.05, 0.1) is 24.1 Å². The van der Waals surface area contributed by atoms with Crippen molar-refractivity contribution in [1.29, 1.82) is 0 Å². The van der Waals surface area contributed by atoms with Crippen LogP contribution in [0.3, 0.4) is 0 Å². The largest absolute Gasteiger partial charge is 0.494 e. The van der Waals surface area contributed by atoms with Crippen LogP contribution in [0, 0.1) is 0 Å². The number of hydrazine groups is 1. The third kappa shape index (κ3) is 4.17. The van der Waals surface area contributed by atoms with Gasteiger partial charge in [0.15, 0.2) is 0 Å². The Morgan fingerprint density at radius 3 is 2.39 bits per heavy atom. The van der Waals surface area contributed by atoms with E-state index in [1.54, 1.807) is 48.5 Å². The van der Waals surface area contributed by atoms with Gasteiger partial charge >= 0.3 is 0 Å². The van der Waals surface area contributed by atoms with Gasteiger partial charge in [0.1, 0.15) is 5.75 Å². The highest BCUT2D eigenvalue weighted by atomic mass is 16.5. The second-order valence-electron chi connectivity index (χ2n) is 6.06. The first-order valence-corrected chi connectivity index (χ1v) is 8.76. The molecule has 1 heterocycles. The molecule has 0 saturated heterocycles. The molecule has 0 atom stereocenters. The van der Waals surface area contributed by atoms with Crippen molar-refractivity contribution in [1.82, 2.24) is 20.6 Å². The van der Waals surface area contributed by atoms with Gasteiger partial charge in [-0.15, -0.1) is 0 Å². The van der Waals surface area contributed by atoms with Crippen molar-refractivity contribution in [3.8, 4) is 5.75 Å². The Balaban J connectivity index is 1.66. The van der Waals surface area contributed by atoms with Crippen molar-refractivity contribution in [3.05, 3.63) is 70.1 Å². The lowest BCUT2D eigenvalue weighted by Gasteiger charge is -2.10. The van der Waals surface area contributed by atoms with E-state index in [2.05, 4.69) is 16.0 Å². The standard InChI is InChI=1S/C20H20N4O4/c1-3-28-14-10-8-13(9-11-14)19(26)22-21-18(25)12-17-15-6-4-5-7-16(15)20(27)24(2)23-17/h4-11H,3,12H2,1-2H3,(H,21,25)(H,22,26). The predicted molar refractivity (Wildman–Crippen MR) is 104 cm³/mol. The summed E-state index contributed by atoms with van der Waals surface area (Å²) in [7, 11) is 1.53. The fourth-order valence-corrected chi connectivity index (χ4v) is 2.77. The van der Waals surface area contributed by atoms with Crippen molar-refractivity contribution >= 4 is 22.6 Å². The molecule has 0 unspecified atom stereocenters. The third-order valence-electron chi connectivity index (χ3n) is 4.10. The molecule has 3 aromatic rings. The minimum absolute atomic E-state index is 0.0851. The summed E-state index contributed by atoms with van der Waals surface area (Å²) in [5, 5.41) is 5.27. The minimum atomic E-state index is -0.449. The van der Waals surface area contributed by atoms with E-state index >= 15 is 0 Å². The molecule has 28 heavy (non-hydrogen) atoms.